The summed E-state index contributed by atoms with van der Waals surface area (Å²) < 4.78 is 0. The quantitative estimate of drug-likeness (QED) is 0.833. The highest BCUT2D eigenvalue weighted by molar-refractivity contribution is 7.98. The van der Waals surface area contributed by atoms with Crippen molar-refractivity contribution in [1.29, 1.82) is 0 Å². The summed E-state index contributed by atoms with van der Waals surface area (Å²) in [5.74, 6) is -0.656. The number of carbonyl (C=O) groups is 1. The van der Waals surface area contributed by atoms with E-state index in [4.69, 9.17) is 0 Å². The average molecular weight is 250 g/mol. The van der Waals surface area contributed by atoms with E-state index in [2.05, 4.69) is 12.1 Å². The molecular weight excluding hydrogens is 232 g/mol. The third kappa shape index (κ3) is 2.08. The molecule has 1 aliphatic rings. The monoisotopic (exact) mass is 250 g/mol. The topological polar surface area (TPSA) is 37.3 Å². The van der Waals surface area contributed by atoms with Crippen molar-refractivity contribution in [1.82, 2.24) is 0 Å². The molecule has 0 bridgehead atoms. The Labute approximate surface area is 106 Å². The first-order chi connectivity index (χ1) is 8.10. The molecule has 0 spiro atoms. The van der Waals surface area contributed by atoms with E-state index >= 15 is 0 Å². The van der Waals surface area contributed by atoms with E-state index in [1.807, 2.05) is 19.2 Å². The van der Waals surface area contributed by atoms with E-state index in [9.17, 15) is 9.90 Å². The fourth-order valence-corrected chi connectivity index (χ4v) is 3.26. The van der Waals surface area contributed by atoms with Crippen LogP contribution < -0.4 is 0 Å². The molecule has 17 heavy (non-hydrogen) atoms. The predicted octanol–water partition coefficient (Wildman–Crippen LogP) is 3.61. The highest BCUT2D eigenvalue weighted by Gasteiger charge is 2.43. The van der Waals surface area contributed by atoms with E-state index < -0.39 is 11.4 Å². The van der Waals surface area contributed by atoms with Gasteiger partial charge in [0.25, 0.3) is 0 Å². The Morgan fingerprint density at radius 2 is 2.00 bits per heavy atom. The minimum Gasteiger partial charge on any atom is -0.481 e. The number of carboxylic acids is 1. The van der Waals surface area contributed by atoms with Crippen molar-refractivity contribution in [3.8, 4) is 0 Å². The Morgan fingerprint density at radius 3 is 2.53 bits per heavy atom. The van der Waals surface area contributed by atoms with Crippen LogP contribution in [0.3, 0.4) is 0 Å². The summed E-state index contributed by atoms with van der Waals surface area (Å²) in [6.07, 6.45) is 5.63. The smallest absolute Gasteiger partial charge is 0.314 e. The first-order valence-electron chi connectivity index (χ1n) is 5.99. The third-order valence-corrected chi connectivity index (χ3v) is 4.55. The zero-order chi connectivity index (χ0) is 12.5. The Kier molecular flexibility index (Phi) is 3.48. The molecule has 1 aromatic carbocycles. The van der Waals surface area contributed by atoms with E-state index in [-0.39, 0.29) is 0 Å². The first kappa shape index (κ1) is 12.5. The van der Waals surface area contributed by atoms with Crippen LogP contribution in [0.25, 0.3) is 0 Å². The fraction of sp³-hybridized carbons (Fsp3) is 0.500. The van der Waals surface area contributed by atoms with Crippen LogP contribution >= 0.6 is 11.8 Å². The molecule has 1 aliphatic carbocycles. The lowest BCUT2D eigenvalue weighted by atomic mass is 9.77. The molecule has 0 heterocycles. The molecule has 2 nitrogen and oxygen atoms in total. The Hall–Kier alpha value is -0.960. The number of hydrogen-bond donors (Lipinski definition) is 1. The van der Waals surface area contributed by atoms with E-state index in [0.29, 0.717) is 0 Å². The summed E-state index contributed by atoms with van der Waals surface area (Å²) in [7, 11) is 0. The van der Waals surface area contributed by atoms with Crippen LogP contribution in [0.15, 0.2) is 23.1 Å². The zero-order valence-corrected chi connectivity index (χ0v) is 11.1. The van der Waals surface area contributed by atoms with Crippen LogP contribution in [0.5, 0.6) is 0 Å². The van der Waals surface area contributed by atoms with Crippen molar-refractivity contribution >= 4 is 17.7 Å². The largest absolute Gasteiger partial charge is 0.481 e. The van der Waals surface area contributed by atoms with Gasteiger partial charge in [0.1, 0.15) is 0 Å². The van der Waals surface area contributed by atoms with Gasteiger partial charge in [-0.25, -0.2) is 0 Å². The molecule has 0 amide bonds. The molecule has 1 fully saturated rings. The minimum absolute atomic E-state index is 0.629. The van der Waals surface area contributed by atoms with Crippen molar-refractivity contribution in [2.24, 2.45) is 0 Å². The van der Waals surface area contributed by atoms with Gasteiger partial charge < -0.3 is 5.11 Å². The maximum atomic E-state index is 11.7. The van der Waals surface area contributed by atoms with Crippen molar-refractivity contribution < 1.29 is 9.90 Å². The SMILES string of the molecule is CSc1ccc(C)c(C2(C(=O)O)CCCC2)c1. The van der Waals surface area contributed by atoms with Crippen LogP contribution in [0.1, 0.15) is 36.8 Å². The second-order valence-electron chi connectivity index (χ2n) is 4.78. The summed E-state index contributed by atoms with van der Waals surface area (Å²) in [5.41, 5.74) is 1.50. The molecule has 0 aromatic heterocycles. The summed E-state index contributed by atoms with van der Waals surface area (Å²) in [4.78, 5) is 12.8. The summed E-state index contributed by atoms with van der Waals surface area (Å²) in [5, 5.41) is 9.60. The summed E-state index contributed by atoms with van der Waals surface area (Å²) in [6.45, 7) is 2.02. The Balaban J connectivity index is 2.53. The molecule has 2 rings (SSSR count). The number of hydrogen-bond acceptors (Lipinski definition) is 2. The maximum absolute atomic E-state index is 11.7. The fourth-order valence-electron chi connectivity index (χ4n) is 2.82. The molecule has 0 unspecified atom stereocenters. The van der Waals surface area contributed by atoms with Gasteiger partial charge in [0, 0.05) is 4.90 Å². The maximum Gasteiger partial charge on any atom is 0.314 e. The number of aryl methyl sites for hydroxylation is 1. The number of carboxylic acid groups (broad SMARTS) is 1. The number of aliphatic carboxylic acids is 1. The molecule has 1 saturated carbocycles. The highest BCUT2D eigenvalue weighted by Crippen LogP contribution is 2.43. The van der Waals surface area contributed by atoms with E-state index in [1.54, 1.807) is 11.8 Å². The molecule has 1 N–H and O–H groups in total. The molecule has 92 valence electrons. The molecule has 0 saturated heterocycles. The van der Waals surface area contributed by atoms with Crippen molar-refractivity contribution in [3.05, 3.63) is 29.3 Å². The van der Waals surface area contributed by atoms with Crippen LogP contribution in [-0.4, -0.2) is 17.3 Å². The first-order valence-corrected chi connectivity index (χ1v) is 7.21. The second kappa shape index (κ2) is 4.73. The molecule has 0 atom stereocenters. The van der Waals surface area contributed by atoms with Crippen molar-refractivity contribution in [2.75, 3.05) is 6.26 Å². The van der Waals surface area contributed by atoms with Gasteiger partial charge in [0.2, 0.25) is 0 Å². The van der Waals surface area contributed by atoms with Crippen LogP contribution in [0, 0.1) is 6.92 Å². The van der Waals surface area contributed by atoms with Gasteiger partial charge in [-0.15, -0.1) is 11.8 Å². The lowest BCUT2D eigenvalue weighted by molar-refractivity contribution is -0.143. The van der Waals surface area contributed by atoms with E-state index in [1.165, 1.54) is 0 Å². The second-order valence-corrected chi connectivity index (χ2v) is 5.65. The molecule has 1 aromatic rings. The van der Waals surface area contributed by atoms with Crippen LogP contribution in [0.2, 0.25) is 0 Å². The lowest BCUT2D eigenvalue weighted by Crippen LogP contribution is -2.33. The van der Waals surface area contributed by atoms with Gasteiger partial charge in [-0.05, 0) is 49.3 Å². The lowest BCUT2D eigenvalue weighted by Gasteiger charge is -2.26. The van der Waals surface area contributed by atoms with Gasteiger partial charge in [-0.2, -0.15) is 0 Å². The third-order valence-electron chi connectivity index (χ3n) is 3.83. The number of rotatable bonds is 3. The predicted molar refractivity (Wildman–Crippen MR) is 70.7 cm³/mol. The normalized spacial score (nSPS) is 18.2. The van der Waals surface area contributed by atoms with Gasteiger partial charge in [0.05, 0.1) is 5.41 Å². The van der Waals surface area contributed by atoms with Crippen molar-refractivity contribution in [2.45, 2.75) is 42.9 Å². The standard InChI is InChI=1S/C14H18O2S/c1-10-5-6-11(17-2)9-12(10)14(13(15)16)7-3-4-8-14/h5-6,9H,3-4,7-8H2,1-2H3,(H,15,16). The van der Waals surface area contributed by atoms with E-state index in [0.717, 1.165) is 41.7 Å². The van der Waals surface area contributed by atoms with Crippen molar-refractivity contribution in [3.63, 3.8) is 0 Å². The Morgan fingerprint density at radius 1 is 1.35 bits per heavy atom. The zero-order valence-electron chi connectivity index (χ0n) is 10.3. The molecule has 0 aliphatic heterocycles. The van der Waals surface area contributed by atoms with Gasteiger partial charge in [-0.1, -0.05) is 18.9 Å². The van der Waals surface area contributed by atoms with Gasteiger partial charge in [0.15, 0.2) is 0 Å². The summed E-state index contributed by atoms with van der Waals surface area (Å²) in [6, 6.07) is 6.18. The molecule has 0 radical (unpaired) electrons. The van der Waals surface area contributed by atoms with Crippen LogP contribution in [0.4, 0.5) is 0 Å². The molecular formula is C14H18O2S. The number of thioether (sulfide) groups is 1. The highest BCUT2D eigenvalue weighted by atomic mass is 32.2. The summed E-state index contributed by atoms with van der Waals surface area (Å²) >= 11 is 1.67. The van der Waals surface area contributed by atoms with Gasteiger partial charge in [-0.3, -0.25) is 4.79 Å². The minimum atomic E-state index is -0.656. The molecule has 3 heteroatoms. The van der Waals surface area contributed by atoms with Gasteiger partial charge >= 0.3 is 5.97 Å². The average Bonchev–Trinajstić information content (AvgIpc) is 2.80. The number of benzene rings is 1. The Bertz CT molecular complexity index is 434. The van der Waals surface area contributed by atoms with Crippen LogP contribution in [-0.2, 0) is 10.2 Å².